The Morgan fingerprint density at radius 2 is 1.82 bits per heavy atom. The maximum Gasteiger partial charge on any atom is 0.0634 e. The van der Waals surface area contributed by atoms with E-state index in [4.69, 9.17) is 4.74 Å². The van der Waals surface area contributed by atoms with Gasteiger partial charge in [-0.3, -0.25) is 0 Å². The Labute approximate surface area is 105 Å². The zero-order valence-corrected chi connectivity index (χ0v) is 11.7. The third-order valence-corrected chi connectivity index (χ3v) is 3.31. The van der Waals surface area contributed by atoms with Gasteiger partial charge in [-0.1, -0.05) is 29.8 Å². The van der Waals surface area contributed by atoms with Gasteiger partial charge in [-0.2, -0.15) is 0 Å². The van der Waals surface area contributed by atoms with E-state index in [-0.39, 0.29) is 5.60 Å². The first-order valence-electron chi connectivity index (χ1n) is 6.30. The first kappa shape index (κ1) is 14.2. The molecule has 0 aliphatic rings. The van der Waals surface area contributed by atoms with Crippen molar-refractivity contribution in [3.05, 3.63) is 35.4 Å². The molecule has 17 heavy (non-hydrogen) atoms. The van der Waals surface area contributed by atoms with Gasteiger partial charge in [-0.25, -0.2) is 0 Å². The second-order valence-electron chi connectivity index (χ2n) is 5.30. The molecule has 1 N–H and O–H groups in total. The molecule has 2 heteroatoms. The average Bonchev–Trinajstić information content (AvgIpc) is 2.29. The van der Waals surface area contributed by atoms with Crippen LogP contribution in [0, 0.1) is 6.92 Å². The van der Waals surface area contributed by atoms with Crippen molar-refractivity contribution in [2.45, 2.75) is 45.8 Å². The van der Waals surface area contributed by atoms with E-state index in [0.29, 0.717) is 6.04 Å². The highest BCUT2D eigenvalue weighted by Crippen LogP contribution is 2.15. The number of ether oxygens (including phenoxy) is 1. The van der Waals surface area contributed by atoms with E-state index in [2.05, 4.69) is 57.3 Å². The number of nitrogens with one attached hydrogen (secondary N) is 1. The van der Waals surface area contributed by atoms with E-state index < -0.39 is 0 Å². The summed E-state index contributed by atoms with van der Waals surface area (Å²) in [5.41, 5.74) is 2.60. The molecular weight excluding hydrogens is 210 g/mol. The van der Waals surface area contributed by atoms with Gasteiger partial charge in [0, 0.05) is 13.2 Å². The zero-order chi connectivity index (χ0) is 12.9. The van der Waals surface area contributed by atoms with Crippen LogP contribution in [0.25, 0.3) is 0 Å². The lowest BCUT2D eigenvalue weighted by Crippen LogP contribution is -2.30. The summed E-state index contributed by atoms with van der Waals surface area (Å²) in [4.78, 5) is 0. The van der Waals surface area contributed by atoms with E-state index in [1.165, 1.54) is 11.1 Å². The maximum atomic E-state index is 5.40. The molecule has 1 rings (SSSR count). The molecule has 0 bridgehead atoms. The SMILES string of the molecule is COC(C)(C)CCN[C@H](C)c1ccc(C)cc1. The van der Waals surface area contributed by atoms with Crippen LogP contribution in [0.3, 0.4) is 0 Å². The van der Waals surface area contributed by atoms with Gasteiger partial charge in [0.1, 0.15) is 0 Å². The average molecular weight is 235 g/mol. The number of rotatable bonds is 6. The van der Waals surface area contributed by atoms with Crippen molar-refractivity contribution in [3.63, 3.8) is 0 Å². The summed E-state index contributed by atoms with van der Waals surface area (Å²) in [6.07, 6.45) is 1.01. The highest BCUT2D eigenvalue weighted by molar-refractivity contribution is 5.23. The Balaban J connectivity index is 2.40. The molecule has 0 heterocycles. The van der Waals surface area contributed by atoms with E-state index in [9.17, 15) is 0 Å². The number of hydrogen-bond donors (Lipinski definition) is 1. The third kappa shape index (κ3) is 4.88. The summed E-state index contributed by atoms with van der Waals surface area (Å²) in [6.45, 7) is 9.51. The van der Waals surface area contributed by atoms with Crippen LogP contribution in [0.15, 0.2) is 24.3 Å². The predicted molar refractivity (Wildman–Crippen MR) is 73.3 cm³/mol. The molecule has 0 aliphatic carbocycles. The monoisotopic (exact) mass is 235 g/mol. The second-order valence-corrected chi connectivity index (χ2v) is 5.30. The number of hydrogen-bond acceptors (Lipinski definition) is 2. The van der Waals surface area contributed by atoms with Crippen molar-refractivity contribution in [3.8, 4) is 0 Å². The normalized spacial score (nSPS) is 13.7. The van der Waals surface area contributed by atoms with Gasteiger partial charge in [0.05, 0.1) is 5.60 Å². The van der Waals surface area contributed by atoms with Gasteiger partial charge in [-0.15, -0.1) is 0 Å². The maximum absolute atomic E-state index is 5.40. The van der Waals surface area contributed by atoms with Crippen LogP contribution >= 0.6 is 0 Å². The fraction of sp³-hybridized carbons (Fsp3) is 0.600. The van der Waals surface area contributed by atoms with Crippen molar-refractivity contribution in [1.29, 1.82) is 0 Å². The van der Waals surface area contributed by atoms with Gasteiger partial charge >= 0.3 is 0 Å². The fourth-order valence-electron chi connectivity index (χ4n) is 1.66. The second kappa shape index (κ2) is 6.18. The van der Waals surface area contributed by atoms with Gasteiger partial charge < -0.3 is 10.1 Å². The van der Waals surface area contributed by atoms with Gasteiger partial charge in [0.15, 0.2) is 0 Å². The molecule has 0 radical (unpaired) electrons. The van der Waals surface area contributed by atoms with E-state index in [0.717, 1.165) is 13.0 Å². The molecule has 0 saturated carbocycles. The lowest BCUT2D eigenvalue weighted by atomic mass is 10.0. The third-order valence-electron chi connectivity index (χ3n) is 3.31. The van der Waals surface area contributed by atoms with Crippen molar-refractivity contribution >= 4 is 0 Å². The summed E-state index contributed by atoms with van der Waals surface area (Å²) in [6, 6.07) is 9.09. The molecular formula is C15H25NO. The minimum atomic E-state index is -0.0417. The quantitative estimate of drug-likeness (QED) is 0.815. The summed E-state index contributed by atoms with van der Waals surface area (Å²) in [5, 5.41) is 3.53. The van der Waals surface area contributed by atoms with Crippen LogP contribution in [0.4, 0.5) is 0 Å². The topological polar surface area (TPSA) is 21.3 Å². The zero-order valence-electron chi connectivity index (χ0n) is 11.7. The standard InChI is InChI=1S/C15H25NO/c1-12-6-8-14(9-7-12)13(2)16-11-10-15(3,4)17-5/h6-9,13,16H,10-11H2,1-5H3/t13-/m1/s1. The molecule has 0 amide bonds. The first-order valence-corrected chi connectivity index (χ1v) is 6.30. The summed E-state index contributed by atoms with van der Waals surface area (Å²) >= 11 is 0. The minimum absolute atomic E-state index is 0.0417. The summed E-state index contributed by atoms with van der Waals surface area (Å²) < 4.78 is 5.40. The van der Waals surface area contributed by atoms with Crippen molar-refractivity contribution in [1.82, 2.24) is 5.32 Å². The Kier molecular flexibility index (Phi) is 5.16. The lowest BCUT2D eigenvalue weighted by Gasteiger charge is -2.24. The van der Waals surface area contributed by atoms with Crippen molar-refractivity contribution in [2.75, 3.05) is 13.7 Å². The minimum Gasteiger partial charge on any atom is -0.379 e. The molecule has 0 spiro atoms. The van der Waals surface area contributed by atoms with E-state index in [1.54, 1.807) is 7.11 Å². The van der Waals surface area contributed by atoms with Crippen molar-refractivity contribution in [2.24, 2.45) is 0 Å². The molecule has 1 atom stereocenters. The largest absolute Gasteiger partial charge is 0.379 e. The number of methoxy groups -OCH3 is 1. The van der Waals surface area contributed by atoms with Crippen molar-refractivity contribution < 1.29 is 4.74 Å². The highest BCUT2D eigenvalue weighted by Gasteiger charge is 2.16. The Hall–Kier alpha value is -0.860. The van der Waals surface area contributed by atoms with Gasteiger partial charge in [-0.05, 0) is 46.2 Å². The summed E-state index contributed by atoms with van der Waals surface area (Å²) in [5.74, 6) is 0. The van der Waals surface area contributed by atoms with Crippen LogP contribution in [-0.4, -0.2) is 19.3 Å². The first-order chi connectivity index (χ1) is 7.94. The molecule has 96 valence electrons. The van der Waals surface area contributed by atoms with Crippen LogP contribution in [0.1, 0.15) is 44.4 Å². The Bertz CT molecular complexity index is 329. The molecule has 0 saturated heterocycles. The van der Waals surface area contributed by atoms with Crippen LogP contribution < -0.4 is 5.32 Å². The van der Waals surface area contributed by atoms with E-state index in [1.807, 2.05) is 0 Å². The molecule has 1 aromatic carbocycles. The Morgan fingerprint density at radius 1 is 1.24 bits per heavy atom. The molecule has 1 aromatic rings. The fourth-order valence-corrected chi connectivity index (χ4v) is 1.66. The summed E-state index contributed by atoms with van der Waals surface area (Å²) in [7, 11) is 1.77. The number of aryl methyl sites for hydroxylation is 1. The molecule has 0 aromatic heterocycles. The lowest BCUT2D eigenvalue weighted by molar-refractivity contribution is 0.0154. The smallest absolute Gasteiger partial charge is 0.0634 e. The van der Waals surface area contributed by atoms with Gasteiger partial charge in [0.2, 0.25) is 0 Å². The van der Waals surface area contributed by atoms with Gasteiger partial charge in [0.25, 0.3) is 0 Å². The molecule has 0 unspecified atom stereocenters. The van der Waals surface area contributed by atoms with Crippen LogP contribution in [-0.2, 0) is 4.74 Å². The highest BCUT2D eigenvalue weighted by atomic mass is 16.5. The van der Waals surface area contributed by atoms with E-state index >= 15 is 0 Å². The predicted octanol–water partition coefficient (Wildman–Crippen LogP) is 3.46. The van der Waals surface area contributed by atoms with Crippen LogP contribution in [0.5, 0.6) is 0 Å². The molecule has 0 aliphatic heterocycles. The Morgan fingerprint density at radius 3 is 2.35 bits per heavy atom. The molecule has 2 nitrogen and oxygen atoms in total. The molecule has 0 fully saturated rings. The van der Waals surface area contributed by atoms with Crippen LogP contribution in [0.2, 0.25) is 0 Å². The number of benzene rings is 1.